The lowest BCUT2D eigenvalue weighted by Crippen LogP contribution is -2.62. The van der Waals surface area contributed by atoms with Gasteiger partial charge in [0.25, 0.3) is 6.71 Å². The molecule has 352 valence electrons. The highest BCUT2D eigenvalue weighted by Crippen LogP contribution is 2.54. The van der Waals surface area contributed by atoms with Gasteiger partial charge in [0.1, 0.15) is 11.2 Å². The monoisotopic (exact) mass is 917 g/mol. The summed E-state index contributed by atoms with van der Waals surface area (Å²) in [5, 5.41) is 2.33. The summed E-state index contributed by atoms with van der Waals surface area (Å²) in [6, 6.07) is 49.8. The zero-order valence-corrected chi connectivity index (χ0v) is 43.7. The minimum atomic E-state index is 0.0499. The molecule has 5 aliphatic rings. The van der Waals surface area contributed by atoms with Gasteiger partial charge < -0.3 is 14.2 Å². The largest absolute Gasteiger partial charge is 0.456 e. The highest BCUT2D eigenvalue weighted by Gasteiger charge is 2.49. The smallest absolute Gasteiger partial charge is 0.252 e. The Balaban J connectivity index is 1.09. The van der Waals surface area contributed by atoms with Gasteiger partial charge in [-0.2, -0.15) is 0 Å². The van der Waals surface area contributed by atoms with E-state index in [-0.39, 0.29) is 39.2 Å². The standard InChI is InChI=1S/C66H69BN2O/c1-61(2)29-30-62(3,4)46-35-42(27-28-45(46)61)69-54-20-16-19-53-60(54)67(52-37-48-50(39-56(52)69)66(11,12)34-32-64(48,7)8)51-36-47-49(65(9,10)33-31-63(47,5)6)38-55(51)68(53)41-25-23-40(24-26-41)43-18-15-22-58-59(43)44-17-13-14-21-57(44)70-58/h13-28,35-39H,29-34H2,1-12H3. The zero-order chi connectivity index (χ0) is 48.7. The van der Waals surface area contributed by atoms with Crippen molar-refractivity contribution in [2.75, 3.05) is 9.80 Å². The van der Waals surface area contributed by atoms with Gasteiger partial charge in [-0.05, 0) is 193 Å². The zero-order valence-electron chi connectivity index (χ0n) is 43.7. The Labute approximate surface area is 417 Å². The van der Waals surface area contributed by atoms with Gasteiger partial charge in [0.05, 0.1) is 0 Å². The first-order valence-corrected chi connectivity index (χ1v) is 26.4. The number of anilines is 6. The molecule has 3 aliphatic carbocycles. The van der Waals surface area contributed by atoms with Crippen LogP contribution in [-0.2, 0) is 32.5 Å². The summed E-state index contributed by atoms with van der Waals surface area (Å²) >= 11 is 0. The number of hydrogen-bond donors (Lipinski definition) is 0. The summed E-state index contributed by atoms with van der Waals surface area (Å²) in [7, 11) is 0. The fourth-order valence-electron chi connectivity index (χ4n) is 14.1. The van der Waals surface area contributed by atoms with Gasteiger partial charge in [-0.25, -0.2) is 0 Å². The van der Waals surface area contributed by atoms with Crippen molar-refractivity contribution in [1.82, 2.24) is 0 Å². The summed E-state index contributed by atoms with van der Waals surface area (Å²) in [6.45, 7) is 29.8. The van der Waals surface area contributed by atoms with E-state index < -0.39 is 0 Å². The average Bonchev–Trinajstić information content (AvgIpc) is 3.72. The van der Waals surface area contributed by atoms with Gasteiger partial charge >= 0.3 is 0 Å². The van der Waals surface area contributed by atoms with Crippen LogP contribution in [0.5, 0.6) is 0 Å². The van der Waals surface area contributed by atoms with Crippen molar-refractivity contribution >= 4 is 79.2 Å². The Hall–Kier alpha value is -6.00. The topological polar surface area (TPSA) is 19.6 Å². The fraction of sp³-hybridized carbons (Fsp3) is 0.364. The van der Waals surface area contributed by atoms with E-state index in [9.17, 15) is 0 Å². The number of furan rings is 1. The predicted molar refractivity (Wildman–Crippen MR) is 299 cm³/mol. The number of benzene rings is 7. The molecule has 0 fully saturated rings. The molecule has 70 heavy (non-hydrogen) atoms. The van der Waals surface area contributed by atoms with Crippen molar-refractivity contribution in [3.8, 4) is 11.1 Å². The summed E-state index contributed by atoms with van der Waals surface area (Å²) in [5.41, 5.74) is 25.6. The van der Waals surface area contributed by atoms with Crippen LogP contribution in [0, 0.1) is 0 Å². The first-order valence-electron chi connectivity index (χ1n) is 26.4. The SMILES string of the molecule is CC1(C)CCC(C)(C)c2cc(N3c4cc5c(cc4B4c6cc7c(cc6N(c6ccc(-c8cccc9oc%10ccccc%10c89)cc6)c6cccc3c64)C(C)(C)CCC7(C)C)C(C)(C)CCC5(C)C)ccc21. The lowest BCUT2D eigenvalue weighted by atomic mass is 9.32. The van der Waals surface area contributed by atoms with Crippen LogP contribution >= 0.6 is 0 Å². The van der Waals surface area contributed by atoms with E-state index in [4.69, 9.17) is 4.42 Å². The Kier molecular flexibility index (Phi) is 9.01. The maximum Gasteiger partial charge on any atom is 0.252 e. The molecule has 4 heteroatoms. The van der Waals surface area contributed by atoms with Gasteiger partial charge in [-0.15, -0.1) is 0 Å². The van der Waals surface area contributed by atoms with E-state index in [0.717, 1.165) is 16.6 Å². The molecule has 3 heterocycles. The minimum absolute atomic E-state index is 0.0499. The van der Waals surface area contributed by atoms with E-state index in [1.807, 2.05) is 0 Å². The maximum atomic E-state index is 6.38. The second-order valence-corrected chi connectivity index (χ2v) is 26.1. The second kappa shape index (κ2) is 14.3. The molecule has 0 bridgehead atoms. The Bertz CT molecular complexity index is 3520. The number of nitrogens with zero attached hydrogens (tertiary/aromatic N) is 2. The number of para-hydroxylation sites is 1. The normalized spacial score (nSPS) is 20.3. The predicted octanol–water partition coefficient (Wildman–Crippen LogP) is 16.4. The van der Waals surface area contributed by atoms with Gasteiger partial charge in [-0.3, -0.25) is 0 Å². The van der Waals surface area contributed by atoms with Gasteiger partial charge in [0.2, 0.25) is 0 Å². The summed E-state index contributed by atoms with van der Waals surface area (Å²) < 4.78 is 6.38. The molecule has 0 atom stereocenters. The second-order valence-electron chi connectivity index (χ2n) is 26.1. The molecule has 0 spiro atoms. The molecule has 0 N–H and O–H groups in total. The van der Waals surface area contributed by atoms with Crippen molar-refractivity contribution in [3.63, 3.8) is 0 Å². The molecule has 1 aromatic heterocycles. The Morgan fingerprint density at radius 1 is 0.386 bits per heavy atom. The molecular formula is C66H69BN2O. The molecule has 13 rings (SSSR count). The molecule has 8 aromatic rings. The van der Waals surface area contributed by atoms with Crippen LogP contribution < -0.4 is 26.2 Å². The molecule has 3 nitrogen and oxygen atoms in total. The molecular weight excluding hydrogens is 848 g/mol. The summed E-state index contributed by atoms with van der Waals surface area (Å²) in [5.74, 6) is 0. The third kappa shape index (κ3) is 6.19. The van der Waals surface area contributed by atoms with Crippen molar-refractivity contribution < 1.29 is 4.42 Å². The first kappa shape index (κ1) is 44.0. The first-order chi connectivity index (χ1) is 33.2. The van der Waals surface area contributed by atoms with Crippen LogP contribution in [0.2, 0.25) is 0 Å². The van der Waals surface area contributed by atoms with Gasteiger partial charge in [-0.1, -0.05) is 150 Å². The minimum Gasteiger partial charge on any atom is -0.456 e. The fourth-order valence-corrected chi connectivity index (χ4v) is 14.1. The van der Waals surface area contributed by atoms with E-state index in [1.165, 1.54) is 139 Å². The molecule has 0 radical (unpaired) electrons. The third-order valence-electron chi connectivity index (χ3n) is 18.9. The molecule has 7 aromatic carbocycles. The van der Waals surface area contributed by atoms with Crippen LogP contribution in [0.1, 0.15) is 155 Å². The van der Waals surface area contributed by atoms with Gasteiger partial charge in [0.15, 0.2) is 0 Å². The van der Waals surface area contributed by atoms with E-state index >= 15 is 0 Å². The highest BCUT2D eigenvalue weighted by atomic mass is 16.3. The number of rotatable bonds is 3. The summed E-state index contributed by atoms with van der Waals surface area (Å²) in [4.78, 5) is 5.32. The lowest BCUT2D eigenvalue weighted by molar-refractivity contribution is 0.332. The average molecular weight is 917 g/mol. The van der Waals surface area contributed by atoms with Crippen LogP contribution in [0.15, 0.2) is 132 Å². The van der Waals surface area contributed by atoms with Crippen molar-refractivity contribution in [2.24, 2.45) is 0 Å². The molecule has 0 unspecified atom stereocenters. The molecule has 2 aliphatic heterocycles. The van der Waals surface area contributed by atoms with Crippen LogP contribution in [0.4, 0.5) is 34.1 Å². The molecule has 0 saturated heterocycles. The van der Waals surface area contributed by atoms with Crippen LogP contribution in [0.3, 0.4) is 0 Å². The van der Waals surface area contributed by atoms with Crippen LogP contribution in [0.25, 0.3) is 33.1 Å². The Morgan fingerprint density at radius 3 is 1.39 bits per heavy atom. The van der Waals surface area contributed by atoms with Crippen molar-refractivity contribution in [2.45, 2.75) is 154 Å². The Morgan fingerprint density at radius 2 is 0.829 bits per heavy atom. The number of hydrogen-bond acceptors (Lipinski definition) is 3. The maximum absolute atomic E-state index is 6.38. The van der Waals surface area contributed by atoms with E-state index in [0.29, 0.717) is 0 Å². The van der Waals surface area contributed by atoms with Crippen molar-refractivity contribution in [3.05, 3.63) is 161 Å². The van der Waals surface area contributed by atoms with Crippen molar-refractivity contribution in [1.29, 1.82) is 0 Å². The lowest BCUT2D eigenvalue weighted by Gasteiger charge is -2.49. The molecule has 0 saturated carbocycles. The highest BCUT2D eigenvalue weighted by molar-refractivity contribution is 7.00. The van der Waals surface area contributed by atoms with E-state index in [1.54, 1.807) is 0 Å². The van der Waals surface area contributed by atoms with Gasteiger partial charge in [0, 0.05) is 44.9 Å². The third-order valence-corrected chi connectivity index (χ3v) is 18.9. The summed E-state index contributed by atoms with van der Waals surface area (Å²) in [6.07, 6.45) is 7.09. The van der Waals surface area contributed by atoms with Crippen LogP contribution in [-0.4, -0.2) is 6.71 Å². The number of fused-ring (bicyclic) bond motifs is 10. The van der Waals surface area contributed by atoms with E-state index in [2.05, 4.69) is 220 Å². The quantitative estimate of drug-likeness (QED) is 0.165. The molecule has 0 amide bonds.